The van der Waals surface area contributed by atoms with Crippen LogP contribution >= 0.6 is 0 Å². The molecule has 1 nitrogen and oxygen atoms in total. The van der Waals surface area contributed by atoms with Crippen LogP contribution < -0.4 is 0 Å². The number of allylic oxidation sites excluding steroid dienone is 8. The fraction of sp³-hybridized carbons (Fsp3) is 0.312. The summed E-state index contributed by atoms with van der Waals surface area (Å²) in [6.07, 6.45) is 14.5. The molecule has 0 atom stereocenters. The van der Waals surface area contributed by atoms with E-state index in [-0.39, 0.29) is 0 Å². The average Bonchev–Trinajstić information content (AvgIpc) is 3.23. The van der Waals surface area contributed by atoms with E-state index in [1.165, 1.54) is 27.8 Å². The van der Waals surface area contributed by atoms with Gasteiger partial charge < -0.3 is 4.90 Å². The molecule has 0 radical (unpaired) electrons. The van der Waals surface area contributed by atoms with Crippen molar-refractivity contribution in [2.45, 2.75) is 47.5 Å². The Morgan fingerprint density at radius 2 is 1.73 bits per heavy atom. The molecule has 1 aromatic rings. The lowest BCUT2D eigenvalue weighted by atomic mass is 9.89. The van der Waals surface area contributed by atoms with Crippen LogP contribution in [-0.2, 0) is 0 Å². The lowest BCUT2D eigenvalue weighted by molar-refractivity contribution is 0.379. The zero-order valence-corrected chi connectivity index (χ0v) is 21.0. The van der Waals surface area contributed by atoms with Crippen molar-refractivity contribution in [3.8, 4) is 12.3 Å². The van der Waals surface area contributed by atoms with Crippen molar-refractivity contribution in [2.75, 3.05) is 6.54 Å². The highest BCUT2D eigenvalue weighted by atomic mass is 15.2. The molecule has 0 spiro atoms. The second kappa shape index (κ2) is 10.1. The van der Waals surface area contributed by atoms with Gasteiger partial charge in [-0.05, 0) is 71.1 Å². The SMILES string of the molecule is C#CC1=C(C)/C(=C\C2=CC=C(c3ccc(C(=C)CC(C)C)cc3)C2)C(=C)N(CC(C)C)C1=C. The molecular weight excluding hydrogens is 398 g/mol. The lowest BCUT2D eigenvalue weighted by Crippen LogP contribution is -2.31. The molecule has 1 aliphatic heterocycles. The Balaban J connectivity index is 1.80. The van der Waals surface area contributed by atoms with Crippen LogP contribution in [0.25, 0.3) is 11.1 Å². The molecule has 0 aromatic heterocycles. The molecule has 33 heavy (non-hydrogen) atoms. The summed E-state index contributed by atoms with van der Waals surface area (Å²) < 4.78 is 0. The van der Waals surface area contributed by atoms with Gasteiger partial charge in [-0.2, -0.15) is 0 Å². The Morgan fingerprint density at radius 3 is 2.30 bits per heavy atom. The third-order valence-electron chi connectivity index (χ3n) is 6.26. The van der Waals surface area contributed by atoms with Crippen molar-refractivity contribution >= 4 is 11.1 Å². The highest BCUT2D eigenvalue weighted by Crippen LogP contribution is 2.39. The normalized spacial score (nSPS) is 17.8. The Bertz CT molecular complexity index is 1130. The van der Waals surface area contributed by atoms with E-state index in [2.05, 4.69) is 108 Å². The summed E-state index contributed by atoms with van der Waals surface area (Å²) in [5, 5.41) is 0. The highest BCUT2D eigenvalue weighted by Gasteiger charge is 2.27. The van der Waals surface area contributed by atoms with E-state index in [1.54, 1.807) is 0 Å². The van der Waals surface area contributed by atoms with Crippen molar-refractivity contribution in [3.63, 3.8) is 0 Å². The second-order valence-electron chi connectivity index (χ2n) is 9.99. The van der Waals surface area contributed by atoms with Gasteiger partial charge in [0, 0.05) is 23.5 Å². The summed E-state index contributed by atoms with van der Waals surface area (Å²) in [4.78, 5) is 2.17. The van der Waals surface area contributed by atoms with Crippen molar-refractivity contribution in [1.82, 2.24) is 4.90 Å². The van der Waals surface area contributed by atoms with Gasteiger partial charge in [-0.25, -0.2) is 0 Å². The zero-order valence-electron chi connectivity index (χ0n) is 21.0. The minimum atomic E-state index is 0.482. The van der Waals surface area contributed by atoms with Crippen LogP contribution in [0.5, 0.6) is 0 Å². The van der Waals surface area contributed by atoms with Crippen molar-refractivity contribution in [1.29, 1.82) is 0 Å². The number of hydrogen-bond donors (Lipinski definition) is 0. The van der Waals surface area contributed by atoms with E-state index < -0.39 is 0 Å². The quantitative estimate of drug-likeness (QED) is 0.389. The van der Waals surface area contributed by atoms with Crippen molar-refractivity contribution in [2.24, 2.45) is 11.8 Å². The third-order valence-corrected chi connectivity index (χ3v) is 6.26. The topological polar surface area (TPSA) is 3.24 Å². The maximum absolute atomic E-state index is 5.87. The molecule has 0 amide bonds. The number of rotatable bonds is 7. The minimum Gasteiger partial charge on any atom is -0.341 e. The van der Waals surface area contributed by atoms with E-state index >= 15 is 0 Å². The van der Waals surface area contributed by atoms with Crippen LogP contribution in [0.4, 0.5) is 0 Å². The average molecular weight is 436 g/mol. The zero-order chi connectivity index (χ0) is 24.3. The summed E-state index contributed by atoms with van der Waals surface area (Å²) in [5.74, 6) is 3.96. The predicted octanol–water partition coefficient (Wildman–Crippen LogP) is 8.33. The first-order valence-corrected chi connectivity index (χ1v) is 11.9. The summed E-state index contributed by atoms with van der Waals surface area (Å²) in [7, 11) is 0. The summed E-state index contributed by atoms with van der Waals surface area (Å²) >= 11 is 0. The fourth-order valence-corrected chi connectivity index (χ4v) is 4.54. The van der Waals surface area contributed by atoms with Crippen molar-refractivity contribution < 1.29 is 0 Å². The van der Waals surface area contributed by atoms with Gasteiger partial charge >= 0.3 is 0 Å². The molecule has 1 aromatic carbocycles. The molecule has 2 aliphatic rings. The van der Waals surface area contributed by atoms with Crippen LogP contribution in [0, 0.1) is 24.2 Å². The molecule has 0 N–H and O–H groups in total. The highest BCUT2D eigenvalue weighted by molar-refractivity contribution is 5.76. The number of terminal acetylenes is 1. The first-order chi connectivity index (χ1) is 15.6. The second-order valence-corrected chi connectivity index (χ2v) is 9.99. The van der Waals surface area contributed by atoms with Gasteiger partial charge in [-0.3, -0.25) is 0 Å². The van der Waals surface area contributed by atoms with Crippen LogP contribution in [0.2, 0.25) is 0 Å². The number of benzene rings is 1. The molecule has 0 fully saturated rings. The number of nitrogens with zero attached hydrogens (tertiary/aromatic N) is 1. The fourth-order valence-electron chi connectivity index (χ4n) is 4.54. The maximum atomic E-state index is 5.87. The summed E-state index contributed by atoms with van der Waals surface area (Å²) in [6.45, 7) is 24.7. The predicted molar refractivity (Wildman–Crippen MR) is 145 cm³/mol. The van der Waals surface area contributed by atoms with Gasteiger partial charge in [0.15, 0.2) is 0 Å². The molecule has 0 bridgehead atoms. The molecule has 1 aliphatic carbocycles. The first-order valence-electron chi connectivity index (χ1n) is 11.9. The molecule has 0 saturated heterocycles. The Hall–Kier alpha value is -3.24. The Labute approximate surface area is 201 Å². The lowest BCUT2D eigenvalue weighted by Gasteiger charge is -2.36. The summed E-state index contributed by atoms with van der Waals surface area (Å²) in [5.41, 5.74) is 11.2. The van der Waals surface area contributed by atoms with Crippen LogP contribution in [-0.4, -0.2) is 11.4 Å². The monoisotopic (exact) mass is 435 g/mol. The first kappa shape index (κ1) is 24.4. The van der Waals surface area contributed by atoms with E-state index in [4.69, 9.17) is 6.42 Å². The smallest absolute Gasteiger partial charge is 0.0509 e. The number of hydrogen-bond acceptors (Lipinski definition) is 1. The van der Waals surface area contributed by atoms with Gasteiger partial charge in [0.1, 0.15) is 0 Å². The molecule has 1 heteroatoms. The van der Waals surface area contributed by atoms with Crippen LogP contribution in [0.3, 0.4) is 0 Å². The van der Waals surface area contributed by atoms with Gasteiger partial charge in [-0.15, -0.1) is 6.42 Å². The molecule has 0 unspecified atom stereocenters. The summed E-state index contributed by atoms with van der Waals surface area (Å²) in [6, 6.07) is 8.82. The van der Waals surface area contributed by atoms with E-state index in [0.29, 0.717) is 11.8 Å². The van der Waals surface area contributed by atoms with E-state index in [1.807, 2.05) is 0 Å². The van der Waals surface area contributed by atoms with Crippen LogP contribution in [0.1, 0.15) is 58.6 Å². The van der Waals surface area contributed by atoms with Gasteiger partial charge in [0.2, 0.25) is 0 Å². The standard InChI is InChI=1S/C32H37N/c1-10-31-24(7)32(26(9)33(25(31)8)20-22(4)5)19-27-11-12-30(18-27)29-15-13-28(14-16-29)23(6)17-21(2)3/h1,11-16,19,21-22H,6,8-9,17-18,20H2,2-5,7H3/b32-19+. The van der Waals surface area contributed by atoms with Gasteiger partial charge in [-0.1, -0.05) is 89.8 Å². The van der Waals surface area contributed by atoms with E-state index in [9.17, 15) is 0 Å². The van der Waals surface area contributed by atoms with Gasteiger partial charge in [0.05, 0.1) is 5.57 Å². The van der Waals surface area contributed by atoms with E-state index in [0.717, 1.165) is 47.5 Å². The molecular formula is C32H37N. The third kappa shape index (κ3) is 5.40. The molecule has 170 valence electrons. The molecule has 3 rings (SSSR count). The van der Waals surface area contributed by atoms with Gasteiger partial charge in [0.25, 0.3) is 0 Å². The maximum Gasteiger partial charge on any atom is 0.0509 e. The molecule has 1 heterocycles. The Kier molecular flexibility index (Phi) is 7.50. The minimum absolute atomic E-state index is 0.482. The van der Waals surface area contributed by atoms with Crippen molar-refractivity contribution in [3.05, 3.63) is 107 Å². The van der Waals surface area contributed by atoms with Crippen LogP contribution in [0.15, 0.2) is 95.9 Å². The Morgan fingerprint density at radius 1 is 1.06 bits per heavy atom. The largest absolute Gasteiger partial charge is 0.341 e. The molecule has 0 saturated carbocycles.